The van der Waals surface area contributed by atoms with E-state index in [9.17, 15) is 0 Å². The van der Waals surface area contributed by atoms with Crippen molar-refractivity contribution in [1.29, 1.82) is 5.26 Å². The molecule has 0 amide bonds. The molecule has 3 heteroatoms. The van der Waals surface area contributed by atoms with Gasteiger partial charge in [-0.15, -0.1) is 0 Å². The van der Waals surface area contributed by atoms with Gasteiger partial charge in [0, 0.05) is 13.0 Å². The second kappa shape index (κ2) is 3.76. The summed E-state index contributed by atoms with van der Waals surface area (Å²) in [6.45, 7) is 4.95. The summed E-state index contributed by atoms with van der Waals surface area (Å²) >= 11 is 3.46. The fourth-order valence-electron chi connectivity index (χ4n) is 1.38. The molecule has 0 spiro atoms. The normalized spacial score (nSPS) is 36.4. The van der Waals surface area contributed by atoms with Crippen LogP contribution in [0.3, 0.4) is 0 Å². The maximum Gasteiger partial charge on any atom is 0.117 e. The van der Waals surface area contributed by atoms with Crippen LogP contribution in [0.5, 0.6) is 0 Å². The Bertz CT molecular complexity index is 199. The second-order valence-corrected chi connectivity index (χ2v) is 5.20. The first-order valence-electron chi connectivity index (χ1n) is 4.29. The van der Waals surface area contributed by atoms with E-state index in [0.29, 0.717) is 12.5 Å². The molecule has 0 bridgehead atoms. The fourth-order valence-corrected chi connectivity index (χ4v) is 1.86. The van der Waals surface area contributed by atoms with Crippen molar-refractivity contribution in [2.24, 2.45) is 5.92 Å². The smallest absolute Gasteiger partial charge is 0.117 e. The highest BCUT2D eigenvalue weighted by atomic mass is 79.9. The van der Waals surface area contributed by atoms with Gasteiger partial charge in [-0.25, -0.2) is 0 Å². The second-order valence-electron chi connectivity index (χ2n) is 3.68. The lowest BCUT2D eigenvalue weighted by Crippen LogP contribution is -2.37. The van der Waals surface area contributed by atoms with Crippen LogP contribution in [-0.2, 0) is 4.74 Å². The van der Waals surface area contributed by atoms with Gasteiger partial charge in [0.2, 0.25) is 0 Å². The molecule has 0 aromatic rings. The van der Waals surface area contributed by atoms with Crippen molar-refractivity contribution in [2.45, 2.75) is 37.1 Å². The van der Waals surface area contributed by atoms with Gasteiger partial charge in [0.1, 0.15) is 4.32 Å². The minimum atomic E-state index is -0.333. The van der Waals surface area contributed by atoms with E-state index >= 15 is 0 Å². The predicted octanol–water partition coefficient (Wildman–Crippen LogP) is 2.48. The van der Waals surface area contributed by atoms with Gasteiger partial charge in [-0.2, -0.15) is 5.26 Å². The zero-order valence-electron chi connectivity index (χ0n) is 7.51. The highest BCUT2D eigenvalue weighted by molar-refractivity contribution is 9.10. The summed E-state index contributed by atoms with van der Waals surface area (Å²) in [5.41, 5.74) is 0. The van der Waals surface area contributed by atoms with Crippen molar-refractivity contribution in [3.8, 4) is 6.07 Å². The molecule has 1 saturated heterocycles. The van der Waals surface area contributed by atoms with Gasteiger partial charge in [-0.05, 0) is 12.3 Å². The largest absolute Gasteiger partial charge is 0.378 e. The molecule has 0 aromatic carbocycles. The van der Waals surface area contributed by atoms with Crippen molar-refractivity contribution < 1.29 is 4.74 Å². The van der Waals surface area contributed by atoms with Crippen molar-refractivity contribution >= 4 is 15.9 Å². The fraction of sp³-hybridized carbons (Fsp3) is 0.889. The molecule has 0 N–H and O–H groups in total. The Morgan fingerprint density at radius 1 is 1.67 bits per heavy atom. The molecule has 1 aliphatic heterocycles. The van der Waals surface area contributed by atoms with Crippen LogP contribution in [0.15, 0.2) is 0 Å². The van der Waals surface area contributed by atoms with Gasteiger partial charge in [-0.1, -0.05) is 29.8 Å². The van der Waals surface area contributed by atoms with Crippen LogP contribution < -0.4 is 0 Å². The van der Waals surface area contributed by atoms with E-state index in [1.165, 1.54) is 0 Å². The average Bonchev–Trinajstić information content (AvgIpc) is 2.05. The van der Waals surface area contributed by atoms with Crippen molar-refractivity contribution in [2.75, 3.05) is 6.61 Å². The zero-order valence-corrected chi connectivity index (χ0v) is 9.10. The van der Waals surface area contributed by atoms with Gasteiger partial charge >= 0.3 is 0 Å². The van der Waals surface area contributed by atoms with Gasteiger partial charge < -0.3 is 4.74 Å². The third kappa shape index (κ3) is 2.21. The molecule has 68 valence electrons. The zero-order chi connectivity index (χ0) is 9.19. The molecular weight excluding hydrogens is 218 g/mol. The van der Waals surface area contributed by atoms with Gasteiger partial charge in [0.05, 0.1) is 12.2 Å². The van der Waals surface area contributed by atoms with Gasteiger partial charge in [0.15, 0.2) is 0 Å². The third-order valence-corrected chi connectivity index (χ3v) is 3.20. The Balaban J connectivity index is 2.58. The Morgan fingerprint density at radius 3 is 2.83 bits per heavy atom. The Labute approximate surface area is 82.0 Å². The van der Waals surface area contributed by atoms with Crippen molar-refractivity contribution in [1.82, 2.24) is 0 Å². The van der Waals surface area contributed by atoms with E-state index in [1.807, 2.05) is 0 Å². The maximum atomic E-state index is 8.90. The number of hydrogen-bond acceptors (Lipinski definition) is 2. The summed E-state index contributed by atoms with van der Waals surface area (Å²) < 4.78 is 5.22. The van der Waals surface area contributed by atoms with Crippen LogP contribution in [0.2, 0.25) is 0 Å². The topological polar surface area (TPSA) is 33.0 Å². The van der Waals surface area contributed by atoms with E-state index in [4.69, 9.17) is 10.00 Å². The molecule has 1 aliphatic rings. The van der Waals surface area contributed by atoms with Crippen LogP contribution in [0.1, 0.15) is 26.7 Å². The van der Waals surface area contributed by atoms with Crippen LogP contribution in [-0.4, -0.2) is 17.0 Å². The number of nitriles is 1. The van der Waals surface area contributed by atoms with E-state index in [2.05, 4.69) is 35.8 Å². The van der Waals surface area contributed by atoms with Crippen LogP contribution in [0.25, 0.3) is 0 Å². The number of halogens is 1. The van der Waals surface area contributed by atoms with Crippen LogP contribution in [0.4, 0.5) is 0 Å². The summed E-state index contributed by atoms with van der Waals surface area (Å²) in [7, 11) is 0. The number of hydrogen-bond donors (Lipinski definition) is 0. The molecule has 1 fully saturated rings. The summed E-state index contributed by atoms with van der Waals surface area (Å²) in [4.78, 5) is 0. The lowest BCUT2D eigenvalue weighted by molar-refractivity contribution is -0.0166. The summed E-state index contributed by atoms with van der Waals surface area (Å²) in [5, 5.41) is 8.90. The minimum Gasteiger partial charge on any atom is -0.378 e. The summed E-state index contributed by atoms with van der Waals surface area (Å²) in [6.07, 6.45) is 1.84. The summed E-state index contributed by atoms with van der Waals surface area (Å²) in [6, 6.07) is 2.30. The molecule has 1 heterocycles. The number of alkyl halides is 1. The third-order valence-electron chi connectivity index (χ3n) is 2.30. The predicted molar refractivity (Wildman–Crippen MR) is 51.1 cm³/mol. The SMILES string of the molecule is CC(C)C1CC(Br)(C#N)CCO1. The van der Waals surface area contributed by atoms with Crippen LogP contribution in [0, 0.1) is 17.2 Å². The van der Waals surface area contributed by atoms with E-state index in [-0.39, 0.29) is 10.4 Å². The molecule has 2 nitrogen and oxygen atoms in total. The molecule has 12 heavy (non-hydrogen) atoms. The molecule has 0 aromatic heterocycles. The first kappa shape index (κ1) is 10.0. The first-order chi connectivity index (χ1) is 5.57. The van der Waals surface area contributed by atoms with Gasteiger partial charge in [-0.3, -0.25) is 0 Å². The lowest BCUT2D eigenvalue weighted by Gasteiger charge is -2.33. The van der Waals surface area contributed by atoms with Crippen LogP contribution >= 0.6 is 15.9 Å². The molecular formula is C9H14BrNO. The first-order valence-corrected chi connectivity index (χ1v) is 5.08. The molecule has 0 radical (unpaired) electrons. The number of nitrogens with zero attached hydrogens (tertiary/aromatic N) is 1. The standard InChI is InChI=1S/C9H14BrNO/c1-7(2)8-5-9(10,6-11)3-4-12-8/h7-8H,3-5H2,1-2H3. The van der Waals surface area contributed by atoms with E-state index in [1.54, 1.807) is 0 Å². The van der Waals surface area contributed by atoms with E-state index < -0.39 is 0 Å². The number of ether oxygens (including phenoxy) is 1. The molecule has 0 aliphatic carbocycles. The molecule has 2 unspecified atom stereocenters. The Hall–Kier alpha value is -0.0700. The van der Waals surface area contributed by atoms with E-state index in [0.717, 1.165) is 12.8 Å². The van der Waals surface area contributed by atoms with Gasteiger partial charge in [0.25, 0.3) is 0 Å². The molecule has 1 rings (SSSR count). The highest BCUT2D eigenvalue weighted by Crippen LogP contribution is 2.34. The maximum absolute atomic E-state index is 8.90. The average molecular weight is 232 g/mol. The minimum absolute atomic E-state index is 0.234. The Morgan fingerprint density at radius 2 is 2.33 bits per heavy atom. The Kier molecular flexibility index (Phi) is 3.14. The van der Waals surface area contributed by atoms with Crippen molar-refractivity contribution in [3.05, 3.63) is 0 Å². The molecule has 2 atom stereocenters. The highest BCUT2D eigenvalue weighted by Gasteiger charge is 2.35. The quantitative estimate of drug-likeness (QED) is 0.650. The lowest BCUT2D eigenvalue weighted by atomic mass is 9.91. The monoisotopic (exact) mass is 231 g/mol. The molecule has 0 saturated carbocycles. The number of rotatable bonds is 1. The summed E-state index contributed by atoms with van der Waals surface area (Å²) in [5.74, 6) is 0.496. The van der Waals surface area contributed by atoms with Crippen molar-refractivity contribution in [3.63, 3.8) is 0 Å².